The highest BCUT2D eigenvalue weighted by molar-refractivity contribution is 5.65. The molecule has 0 aromatic carbocycles. The second-order valence-electron chi connectivity index (χ2n) is 15.4. The summed E-state index contributed by atoms with van der Waals surface area (Å²) in [7, 11) is 0. The summed E-state index contributed by atoms with van der Waals surface area (Å²) in [4.78, 5) is 10.3. The normalized spacial score (nSPS) is 12.7. The molecule has 0 aliphatic heterocycles. The number of hydrogen-bond donors (Lipinski definition) is 1. The van der Waals surface area contributed by atoms with Gasteiger partial charge in [0.1, 0.15) is 6.29 Å². The van der Waals surface area contributed by atoms with Crippen LogP contribution in [0, 0.1) is 0 Å². The van der Waals surface area contributed by atoms with Gasteiger partial charge in [0.25, 0.3) is 0 Å². The highest BCUT2D eigenvalue weighted by atomic mass is 16.5. The number of nitrogens with two attached hydrogens (primary N) is 1. The molecule has 0 spiro atoms. The third-order valence-corrected chi connectivity index (χ3v) is 8.22. The van der Waals surface area contributed by atoms with Crippen LogP contribution in [0.25, 0.3) is 0 Å². The number of unbranched alkanes of at least 4 members (excludes halogenated alkanes) is 3. The Morgan fingerprint density at radius 1 is 0.462 bits per heavy atom. The van der Waals surface area contributed by atoms with Gasteiger partial charge in [0.05, 0.1) is 12.2 Å². The monoisotopic (exact) mass is 726 g/mol. The summed E-state index contributed by atoms with van der Waals surface area (Å²) in [5.74, 6) is 0. The minimum absolute atomic E-state index is 0.349. The average molecular weight is 726 g/mol. The van der Waals surface area contributed by atoms with Gasteiger partial charge in [-0.1, -0.05) is 81.9 Å². The van der Waals surface area contributed by atoms with E-state index in [1.165, 1.54) is 91.2 Å². The Labute approximate surface area is 325 Å². The molecule has 0 aromatic rings. The number of carbonyl (C=O) groups excluding carboxylic acids is 1. The maximum absolute atomic E-state index is 10.3. The van der Waals surface area contributed by atoms with Crippen molar-refractivity contribution in [2.24, 2.45) is 5.73 Å². The molecule has 0 rings (SSSR count). The summed E-state index contributed by atoms with van der Waals surface area (Å²) in [6.45, 7) is 30.3. The molecule has 4 heteroatoms. The van der Waals surface area contributed by atoms with Crippen molar-refractivity contribution < 1.29 is 14.3 Å². The van der Waals surface area contributed by atoms with Crippen LogP contribution in [0.4, 0.5) is 0 Å². The number of carbonyl (C=O) groups is 1. The van der Waals surface area contributed by atoms with Gasteiger partial charge in [-0.25, -0.2) is 0 Å². The smallest absolute Gasteiger partial charge is 0.142 e. The first-order valence-electron chi connectivity index (χ1n) is 20.6. The molecule has 0 unspecified atom stereocenters. The number of allylic oxidation sites excluding steroid dienone is 14. The lowest BCUT2D eigenvalue weighted by Crippen LogP contribution is -2.08. The lowest BCUT2D eigenvalue weighted by molar-refractivity contribution is -0.104. The Balaban J connectivity index is -0.000000766. The van der Waals surface area contributed by atoms with E-state index in [0.29, 0.717) is 12.2 Å². The summed E-state index contributed by atoms with van der Waals surface area (Å²) in [5, 5.41) is 0. The van der Waals surface area contributed by atoms with Crippen LogP contribution in [0.1, 0.15) is 186 Å². The average Bonchev–Trinajstić information content (AvgIpc) is 3.04. The van der Waals surface area contributed by atoms with Crippen molar-refractivity contribution in [3.63, 3.8) is 0 Å². The number of aldehydes is 1. The number of rotatable bonds is 27. The van der Waals surface area contributed by atoms with Crippen molar-refractivity contribution in [1.29, 1.82) is 0 Å². The topological polar surface area (TPSA) is 61.5 Å². The van der Waals surface area contributed by atoms with Gasteiger partial charge in [-0.15, -0.1) is 0 Å². The molecule has 2 N–H and O–H groups in total. The van der Waals surface area contributed by atoms with Crippen LogP contribution in [0.3, 0.4) is 0 Å². The Morgan fingerprint density at radius 2 is 0.808 bits per heavy atom. The minimum atomic E-state index is 0.349. The highest BCUT2D eigenvalue weighted by Gasteiger charge is 1.96. The van der Waals surface area contributed by atoms with Gasteiger partial charge in [-0.2, -0.15) is 0 Å². The standard InChI is InChI=1S/C22H40O.C20H32O.C6H15NO/c1-19(2)13-11-15-22(6)17-12-16-21(5)14-9-7-8-10-18-23-20(3)4;1-17(2)9-6-10-18(3)11-7-12-19(4)13-8-14-20(5)15-16-21;1-6(2)8-5-3-4-7/h13-14,17,20H,7-12,15-16,18H2,1-6H3;9,11,13,15-16H,6-8,10,12,14H2,1-5H3;6H,3-5,7H2,1-2H3/b21-14+,22-17+;18-11+,19-13+,20-15+;. The molecule has 0 atom stereocenters. The van der Waals surface area contributed by atoms with Crippen LogP contribution in [0.2, 0.25) is 0 Å². The van der Waals surface area contributed by atoms with E-state index in [4.69, 9.17) is 15.2 Å². The van der Waals surface area contributed by atoms with Gasteiger partial charge in [-0.05, 0) is 193 Å². The first-order valence-corrected chi connectivity index (χ1v) is 20.6. The van der Waals surface area contributed by atoms with Crippen LogP contribution >= 0.6 is 0 Å². The van der Waals surface area contributed by atoms with Crippen molar-refractivity contribution in [3.8, 4) is 0 Å². The Morgan fingerprint density at radius 3 is 1.15 bits per heavy atom. The van der Waals surface area contributed by atoms with Crippen molar-refractivity contribution in [1.82, 2.24) is 0 Å². The fraction of sp³-hybridized carbons (Fsp3) is 0.688. The van der Waals surface area contributed by atoms with E-state index in [-0.39, 0.29) is 0 Å². The van der Waals surface area contributed by atoms with Crippen LogP contribution < -0.4 is 5.73 Å². The van der Waals surface area contributed by atoms with E-state index in [1.807, 2.05) is 20.8 Å². The zero-order chi connectivity index (χ0) is 40.0. The molecule has 0 amide bonds. The van der Waals surface area contributed by atoms with E-state index in [9.17, 15) is 4.79 Å². The van der Waals surface area contributed by atoms with E-state index in [0.717, 1.165) is 70.1 Å². The van der Waals surface area contributed by atoms with Gasteiger partial charge in [-0.3, -0.25) is 4.79 Å². The van der Waals surface area contributed by atoms with Crippen molar-refractivity contribution in [3.05, 3.63) is 81.5 Å². The maximum Gasteiger partial charge on any atom is 0.142 e. The van der Waals surface area contributed by atoms with Crippen molar-refractivity contribution in [2.75, 3.05) is 19.8 Å². The Kier molecular flexibility index (Phi) is 41.5. The molecule has 0 saturated carbocycles. The molecule has 0 heterocycles. The number of ether oxygens (including phenoxy) is 2. The summed E-state index contributed by atoms with van der Waals surface area (Å²) in [5.41, 5.74) is 15.2. The molecule has 52 heavy (non-hydrogen) atoms. The number of hydrogen-bond acceptors (Lipinski definition) is 4. The van der Waals surface area contributed by atoms with E-state index in [2.05, 4.69) is 106 Å². The molecule has 302 valence electrons. The van der Waals surface area contributed by atoms with Gasteiger partial charge in [0, 0.05) is 13.2 Å². The lowest BCUT2D eigenvalue weighted by atomic mass is 10.0. The van der Waals surface area contributed by atoms with Crippen LogP contribution in [-0.2, 0) is 14.3 Å². The molecule has 0 aliphatic carbocycles. The molecular formula is C48H87NO3. The quantitative estimate of drug-likeness (QED) is 0.0396. The minimum Gasteiger partial charge on any atom is -0.379 e. The SMILES string of the molecule is CC(C)=CCC/C(C)=C/CC/C(C)=C/CC/C(C)=C/C=O.CC(C)=CCC/C(C)=C/CC/C(C)=C/CCCCCOC(C)C.CC(C)OCCCN. The molecular weight excluding hydrogens is 639 g/mol. The first-order chi connectivity index (χ1) is 24.6. The molecule has 0 bridgehead atoms. The first kappa shape index (κ1) is 54.1. The van der Waals surface area contributed by atoms with Crippen LogP contribution in [0.15, 0.2) is 81.5 Å². The van der Waals surface area contributed by atoms with Crippen LogP contribution in [0.5, 0.6) is 0 Å². The summed E-state index contributed by atoms with van der Waals surface area (Å²) >= 11 is 0. The Hall–Kier alpha value is -2.27. The highest BCUT2D eigenvalue weighted by Crippen LogP contribution is 2.14. The zero-order valence-corrected chi connectivity index (χ0v) is 36.8. The van der Waals surface area contributed by atoms with Crippen molar-refractivity contribution in [2.45, 2.75) is 199 Å². The molecule has 0 aliphatic rings. The summed E-state index contributed by atoms with van der Waals surface area (Å²) < 4.78 is 10.8. The maximum atomic E-state index is 10.3. The fourth-order valence-electron chi connectivity index (χ4n) is 4.92. The van der Waals surface area contributed by atoms with E-state index < -0.39 is 0 Å². The Bertz CT molecular complexity index is 1060. The lowest BCUT2D eigenvalue weighted by Gasteiger charge is -2.06. The summed E-state index contributed by atoms with van der Waals surface area (Å²) in [6, 6.07) is 0. The molecule has 4 nitrogen and oxygen atoms in total. The fourth-order valence-corrected chi connectivity index (χ4v) is 4.92. The third-order valence-electron chi connectivity index (χ3n) is 8.22. The predicted octanol–water partition coefficient (Wildman–Crippen LogP) is 14.5. The predicted molar refractivity (Wildman–Crippen MR) is 234 cm³/mol. The zero-order valence-electron chi connectivity index (χ0n) is 36.8. The van der Waals surface area contributed by atoms with Crippen LogP contribution in [-0.4, -0.2) is 38.3 Å². The van der Waals surface area contributed by atoms with Gasteiger partial charge >= 0.3 is 0 Å². The summed E-state index contributed by atoms with van der Waals surface area (Å²) in [6.07, 6.45) is 34.7. The van der Waals surface area contributed by atoms with Gasteiger partial charge in [0.2, 0.25) is 0 Å². The van der Waals surface area contributed by atoms with Gasteiger partial charge < -0.3 is 15.2 Å². The third kappa shape index (κ3) is 49.8. The largest absolute Gasteiger partial charge is 0.379 e. The molecule has 0 radical (unpaired) electrons. The second kappa shape index (κ2) is 39.9. The van der Waals surface area contributed by atoms with Crippen molar-refractivity contribution >= 4 is 6.29 Å². The van der Waals surface area contributed by atoms with Gasteiger partial charge in [0.15, 0.2) is 0 Å². The second-order valence-corrected chi connectivity index (χ2v) is 15.4. The molecule has 0 saturated heterocycles. The van der Waals surface area contributed by atoms with E-state index >= 15 is 0 Å². The molecule has 0 aromatic heterocycles. The van der Waals surface area contributed by atoms with E-state index in [1.54, 1.807) is 6.08 Å². The molecule has 0 fully saturated rings.